The van der Waals surface area contributed by atoms with Gasteiger partial charge in [0.1, 0.15) is 11.4 Å². The van der Waals surface area contributed by atoms with E-state index in [1.54, 1.807) is 0 Å². The zero-order chi connectivity index (χ0) is 20.2. The number of carboxylic acid groups (broad SMARTS) is 1. The number of hydrogen-bond acceptors (Lipinski definition) is 3. The highest BCUT2D eigenvalue weighted by molar-refractivity contribution is 5.98. The first-order chi connectivity index (χ1) is 13.3. The summed E-state index contributed by atoms with van der Waals surface area (Å²) in [5.41, 5.74) is 7.83. The highest BCUT2D eigenvalue weighted by Gasteiger charge is 2.49. The number of allylic oxidation sites excluding steroid dienone is 1. The number of aliphatic hydroxyl groups excluding tert-OH is 1. The second-order valence-electron chi connectivity index (χ2n) is 8.85. The highest BCUT2D eigenvalue weighted by atomic mass is 16.4. The number of aliphatic carboxylic acids is 1. The minimum atomic E-state index is -0.752. The predicted molar refractivity (Wildman–Crippen MR) is 113 cm³/mol. The van der Waals surface area contributed by atoms with Crippen LogP contribution in [-0.2, 0) is 4.79 Å². The molecule has 5 heteroatoms. The summed E-state index contributed by atoms with van der Waals surface area (Å²) >= 11 is 0. The second kappa shape index (κ2) is 6.83. The van der Waals surface area contributed by atoms with E-state index in [1.165, 1.54) is 33.7 Å². The van der Waals surface area contributed by atoms with Gasteiger partial charge in [0.15, 0.2) is 0 Å². The molecule has 1 aliphatic carbocycles. The molecule has 150 valence electrons. The van der Waals surface area contributed by atoms with Crippen LogP contribution in [-0.4, -0.2) is 60.4 Å². The molecule has 0 spiro atoms. The van der Waals surface area contributed by atoms with E-state index in [2.05, 4.69) is 44.0 Å². The Balaban J connectivity index is 1.96. The van der Waals surface area contributed by atoms with E-state index in [4.69, 9.17) is 0 Å². The summed E-state index contributed by atoms with van der Waals surface area (Å²) in [6, 6.07) is 7.12. The molecule has 1 aromatic carbocycles. The lowest BCUT2D eigenvalue weighted by Gasteiger charge is -2.39. The monoisotopic (exact) mass is 383 g/mol. The van der Waals surface area contributed by atoms with Crippen molar-refractivity contribution in [1.29, 1.82) is 0 Å². The lowest BCUT2D eigenvalue weighted by molar-refractivity contribution is -0.140. The van der Waals surface area contributed by atoms with Gasteiger partial charge in [-0.15, -0.1) is 0 Å². The number of fused-ring (bicyclic) bond motifs is 2. The third kappa shape index (κ3) is 2.60. The molecule has 0 radical (unpaired) electrons. The summed E-state index contributed by atoms with van der Waals surface area (Å²) in [5.74, 6) is -1.21. The Kier molecular flexibility index (Phi) is 4.73. The summed E-state index contributed by atoms with van der Waals surface area (Å²) in [6.07, 6.45) is 4.57. The number of carbonyl (C=O) groups is 1. The van der Waals surface area contributed by atoms with Gasteiger partial charge in [0, 0.05) is 37.3 Å². The fourth-order valence-electron chi connectivity index (χ4n) is 5.43. The van der Waals surface area contributed by atoms with E-state index in [0.717, 1.165) is 23.7 Å². The molecule has 0 bridgehead atoms. The molecule has 0 saturated heterocycles. The second-order valence-corrected chi connectivity index (χ2v) is 8.85. The third-order valence-electron chi connectivity index (χ3n) is 7.14. The minimum absolute atomic E-state index is 0.201. The predicted octanol–water partition coefficient (Wildman–Crippen LogP) is 3.33. The van der Waals surface area contributed by atoms with Crippen molar-refractivity contribution in [3.8, 4) is 0 Å². The molecule has 3 aliphatic rings. The van der Waals surface area contributed by atoms with E-state index >= 15 is 0 Å². The molecule has 4 rings (SSSR count). The number of carboxylic acids is 1. The van der Waals surface area contributed by atoms with Crippen LogP contribution < -0.4 is 4.48 Å². The Morgan fingerprint density at radius 3 is 2.75 bits per heavy atom. The Bertz CT molecular complexity index is 886. The van der Waals surface area contributed by atoms with Gasteiger partial charge in [0.25, 0.3) is 0 Å². The Morgan fingerprint density at radius 2 is 2.11 bits per heavy atom. The summed E-state index contributed by atoms with van der Waals surface area (Å²) in [7, 11) is 4.34. The average Bonchev–Trinajstić information content (AvgIpc) is 2.91. The van der Waals surface area contributed by atoms with Crippen molar-refractivity contribution >= 4 is 22.8 Å². The molecule has 5 nitrogen and oxygen atoms in total. The zero-order valence-electron chi connectivity index (χ0n) is 17.3. The highest BCUT2D eigenvalue weighted by Crippen LogP contribution is 2.55. The molecule has 3 atom stereocenters. The lowest BCUT2D eigenvalue weighted by Crippen LogP contribution is -2.48. The summed E-state index contributed by atoms with van der Waals surface area (Å²) < 4.78 is 0.782. The maximum Gasteiger partial charge on any atom is 0.311 e. The van der Waals surface area contributed by atoms with Gasteiger partial charge in [-0.3, -0.25) is 14.2 Å². The fourth-order valence-corrected chi connectivity index (χ4v) is 5.43. The van der Waals surface area contributed by atoms with Crippen LogP contribution in [0.2, 0.25) is 0 Å². The van der Waals surface area contributed by atoms with Crippen molar-refractivity contribution in [2.45, 2.75) is 45.2 Å². The summed E-state index contributed by atoms with van der Waals surface area (Å²) in [6.45, 7) is 5.27. The molecule has 0 unspecified atom stereocenters. The number of rotatable bonds is 5. The van der Waals surface area contributed by atoms with Gasteiger partial charge in [-0.25, -0.2) is 0 Å². The largest absolute Gasteiger partial charge is 0.481 e. The minimum Gasteiger partial charge on any atom is -0.481 e. The molecule has 2 aliphatic heterocycles. The van der Waals surface area contributed by atoms with E-state index < -0.39 is 11.9 Å². The Labute approximate surface area is 167 Å². The topological polar surface area (TPSA) is 60.8 Å². The molecule has 1 aromatic rings. The first kappa shape index (κ1) is 19.4. The number of benzene rings is 1. The fraction of sp³-hybridized carbons (Fsp3) is 0.522. The van der Waals surface area contributed by atoms with Crippen LogP contribution in [0.1, 0.15) is 44.2 Å². The van der Waals surface area contributed by atoms with Gasteiger partial charge < -0.3 is 10.2 Å². The summed E-state index contributed by atoms with van der Waals surface area (Å²) in [4.78, 5) is 13.9. The third-order valence-corrected chi connectivity index (χ3v) is 7.14. The first-order valence-corrected chi connectivity index (χ1v) is 10.3. The van der Waals surface area contributed by atoms with Crippen LogP contribution in [0.15, 0.2) is 30.0 Å². The quantitative estimate of drug-likeness (QED) is 0.766. The van der Waals surface area contributed by atoms with Crippen LogP contribution in [0, 0.1) is 5.92 Å². The molecule has 0 fully saturated rings. The number of aliphatic hydroxyl groups is 1. The molecular weight excluding hydrogens is 352 g/mol. The normalized spacial score (nSPS) is 29.0. The van der Waals surface area contributed by atoms with Crippen LogP contribution in [0.25, 0.3) is 11.1 Å². The van der Waals surface area contributed by atoms with Gasteiger partial charge in [0.2, 0.25) is 0 Å². The molecular formula is C23H31N2O3+. The van der Waals surface area contributed by atoms with E-state index in [1.807, 2.05) is 13.1 Å². The first-order valence-electron chi connectivity index (χ1n) is 10.3. The van der Waals surface area contributed by atoms with Crippen molar-refractivity contribution in [3.05, 3.63) is 41.1 Å². The van der Waals surface area contributed by atoms with E-state index in [-0.39, 0.29) is 12.6 Å². The SMILES string of the molecule is CC(C)[N@+]1(C)C(CCCO)=C2C[C@@H]3C(=C[C@@H](C(=O)O)CN3C)c3cccc1c32. The molecule has 0 aromatic heterocycles. The van der Waals surface area contributed by atoms with Gasteiger partial charge in [-0.05, 0) is 44.9 Å². The van der Waals surface area contributed by atoms with Gasteiger partial charge in [-0.1, -0.05) is 18.2 Å². The van der Waals surface area contributed by atoms with Crippen LogP contribution in [0.5, 0.6) is 0 Å². The molecule has 28 heavy (non-hydrogen) atoms. The van der Waals surface area contributed by atoms with E-state index in [9.17, 15) is 15.0 Å². The Hall–Kier alpha value is -1.95. The van der Waals surface area contributed by atoms with Crippen molar-refractivity contribution in [1.82, 2.24) is 9.38 Å². The van der Waals surface area contributed by atoms with Crippen molar-refractivity contribution in [3.63, 3.8) is 0 Å². The number of hydrogen-bond donors (Lipinski definition) is 2. The maximum atomic E-state index is 11.7. The number of likely N-dealkylation sites (N-methyl/N-ethyl adjacent to an activating group) is 1. The Morgan fingerprint density at radius 1 is 1.36 bits per heavy atom. The van der Waals surface area contributed by atoms with Crippen LogP contribution in [0.3, 0.4) is 0 Å². The molecule has 2 heterocycles. The average molecular weight is 384 g/mol. The van der Waals surface area contributed by atoms with Crippen molar-refractivity contribution in [2.75, 3.05) is 27.2 Å². The molecule has 2 N–H and O–H groups in total. The molecule has 0 saturated carbocycles. The maximum absolute atomic E-state index is 11.7. The van der Waals surface area contributed by atoms with Gasteiger partial charge in [0.05, 0.1) is 24.6 Å². The number of quaternary nitrogens is 1. The van der Waals surface area contributed by atoms with Gasteiger partial charge >= 0.3 is 5.97 Å². The van der Waals surface area contributed by atoms with E-state index in [0.29, 0.717) is 12.6 Å². The lowest BCUT2D eigenvalue weighted by atomic mass is 9.76. The number of nitrogens with zero attached hydrogens (tertiary/aromatic N) is 2. The van der Waals surface area contributed by atoms with Gasteiger partial charge in [-0.2, -0.15) is 0 Å². The van der Waals surface area contributed by atoms with Crippen molar-refractivity contribution in [2.24, 2.45) is 5.92 Å². The van der Waals surface area contributed by atoms with Crippen LogP contribution >= 0.6 is 0 Å². The smallest absolute Gasteiger partial charge is 0.311 e. The summed E-state index contributed by atoms with van der Waals surface area (Å²) in [5, 5.41) is 19.1. The van der Waals surface area contributed by atoms with Crippen LogP contribution in [0.4, 0.5) is 5.69 Å². The molecule has 0 amide bonds. The zero-order valence-corrected chi connectivity index (χ0v) is 17.3. The van der Waals surface area contributed by atoms with Crippen molar-refractivity contribution < 1.29 is 15.0 Å². The standard InChI is InChI=1S/C23H30N2O3/c1-14(2)25(4)20(9-6-10-26)18-12-19-17(11-15(23(27)28)13-24(19)3)16-7-5-8-21(25)22(16)18/h5,7-8,11,14-15,19,26H,6,9-10,12-13H2,1-4H3/p+1/t15-,19-,25-/m1/s1.